The molecule has 2 aromatic heterocycles. The second-order valence-corrected chi connectivity index (χ2v) is 12.0. The lowest BCUT2D eigenvalue weighted by molar-refractivity contribution is 0.938. The van der Waals surface area contributed by atoms with Crippen molar-refractivity contribution in [1.82, 2.24) is 9.97 Å². The molecule has 0 bridgehead atoms. The monoisotopic (exact) mass is 568 g/mol. The van der Waals surface area contributed by atoms with E-state index in [1.54, 1.807) is 0 Å². The highest BCUT2D eigenvalue weighted by atomic mass is 14.7. The van der Waals surface area contributed by atoms with E-state index in [1.807, 2.05) is 12.4 Å². The Balaban J connectivity index is 1.02. The van der Waals surface area contributed by atoms with Crippen LogP contribution in [0.1, 0.15) is 33.4 Å². The average Bonchev–Trinajstić information content (AvgIpc) is 3.06. The molecule has 0 spiro atoms. The lowest BCUT2D eigenvalue weighted by Gasteiger charge is -2.11. The summed E-state index contributed by atoms with van der Waals surface area (Å²) in [5.74, 6) is 0. The molecule has 0 radical (unpaired) electrons. The van der Waals surface area contributed by atoms with Gasteiger partial charge in [0.25, 0.3) is 0 Å². The Morgan fingerprint density at radius 1 is 0.409 bits per heavy atom. The number of benzene rings is 5. The second kappa shape index (κ2) is 12.3. The summed E-state index contributed by atoms with van der Waals surface area (Å²) >= 11 is 0. The minimum Gasteiger partial charge on any atom is -0.256 e. The van der Waals surface area contributed by atoms with Crippen LogP contribution in [-0.4, -0.2) is 9.97 Å². The first-order chi connectivity index (χ1) is 21.6. The first kappa shape index (κ1) is 27.7. The molecule has 2 nitrogen and oxygen atoms in total. The quantitative estimate of drug-likeness (QED) is 0.182. The molecule has 0 aliphatic heterocycles. The van der Waals surface area contributed by atoms with Crippen molar-refractivity contribution in [2.75, 3.05) is 0 Å². The Bertz CT molecular complexity index is 1930. The number of rotatable bonds is 8. The maximum absolute atomic E-state index is 4.76. The first-order valence-corrected chi connectivity index (χ1v) is 15.6. The van der Waals surface area contributed by atoms with E-state index >= 15 is 0 Å². The maximum Gasteiger partial charge on any atom is 0.0780 e. The van der Waals surface area contributed by atoms with Crippen molar-refractivity contribution in [3.8, 4) is 22.5 Å². The Kier molecular flexibility index (Phi) is 7.73. The summed E-state index contributed by atoms with van der Waals surface area (Å²) < 4.78 is 0. The molecule has 44 heavy (non-hydrogen) atoms. The van der Waals surface area contributed by atoms with E-state index in [-0.39, 0.29) is 0 Å². The predicted molar refractivity (Wildman–Crippen MR) is 185 cm³/mol. The van der Waals surface area contributed by atoms with Gasteiger partial charge in [-0.1, -0.05) is 96.1 Å². The Morgan fingerprint density at radius 3 is 1.27 bits per heavy atom. The number of hydrogen-bond acceptors (Lipinski definition) is 2. The van der Waals surface area contributed by atoms with Crippen LogP contribution in [0.3, 0.4) is 0 Å². The van der Waals surface area contributed by atoms with E-state index in [2.05, 4.69) is 135 Å². The SMILES string of the molecule is Cc1cc(CCc2ccc(CCc3cc(C)cc(-c4nccc5ccccc45)c3)cc2)cc(-c2nccc3ccccc23)c1. The molecule has 214 valence electrons. The molecule has 0 saturated heterocycles. The Hall–Kier alpha value is -5.08. The van der Waals surface area contributed by atoms with E-state index in [0.29, 0.717) is 0 Å². The summed E-state index contributed by atoms with van der Waals surface area (Å²) in [7, 11) is 0. The molecule has 5 aromatic carbocycles. The number of aryl methyl sites for hydroxylation is 6. The van der Waals surface area contributed by atoms with E-state index < -0.39 is 0 Å². The predicted octanol–water partition coefficient (Wildman–Crippen LogP) is 10.3. The van der Waals surface area contributed by atoms with Crippen LogP contribution in [0.15, 0.2) is 134 Å². The van der Waals surface area contributed by atoms with Gasteiger partial charge in [0.2, 0.25) is 0 Å². The fraction of sp³-hybridized carbons (Fsp3) is 0.143. The van der Waals surface area contributed by atoms with Gasteiger partial charge >= 0.3 is 0 Å². The van der Waals surface area contributed by atoms with Gasteiger partial charge in [-0.3, -0.25) is 9.97 Å². The van der Waals surface area contributed by atoms with E-state index in [9.17, 15) is 0 Å². The van der Waals surface area contributed by atoms with E-state index in [4.69, 9.17) is 9.97 Å². The lowest BCUT2D eigenvalue weighted by Crippen LogP contribution is -1.96. The second-order valence-electron chi connectivity index (χ2n) is 12.0. The van der Waals surface area contributed by atoms with Gasteiger partial charge in [-0.15, -0.1) is 0 Å². The van der Waals surface area contributed by atoms with Crippen molar-refractivity contribution in [2.24, 2.45) is 0 Å². The molecule has 2 heteroatoms. The van der Waals surface area contributed by atoms with Crippen LogP contribution in [0.4, 0.5) is 0 Å². The molecule has 0 atom stereocenters. The molecule has 0 amide bonds. The molecule has 0 N–H and O–H groups in total. The van der Waals surface area contributed by atoms with Gasteiger partial charge in [0.05, 0.1) is 11.4 Å². The highest BCUT2D eigenvalue weighted by molar-refractivity contribution is 5.95. The highest BCUT2D eigenvalue weighted by Gasteiger charge is 2.10. The van der Waals surface area contributed by atoms with Crippen LogP contribution >= 0.6 is 0 Å². The fourth-order valence-corrected chi connectivity index (χ4v) is 6.44. The van der Waals surface area contributed by atoms with Crippen LogP contribution in [0.2, 0.25) is 0 Å². The molecule has 7 rings (SSSR count). The number of fused-ring (bicyclic) bond motifs is 2. The molecule has 0 unspecified atom stereocenters. The normalized spacial score (nSPS) is 11.3. The third kappa shape index (κ3) is 6.02. The van der Waals surface area contributed by atoms with Crippen LogP contribution in [0.5, 0.6) is 0 Å². The number of pyridine rings is 2. The Morgan fingerprint density at radius 2 is 0.818 bits per heavy atom. The Labute approximate surface area is 260 Å². The first-order valence-electron chi connectivity index (χ1n) is 15.6. The van der Waals surface area contributed by atoms with E-state index in [1.165, 1.54) is 66.1 Å². The van der Waals surface area contributed by atoms with E-state index in [0.717, 1.165) is 37.1 Å². The molecular weight excluding hydrogens is 532 g/mol. The summed E-state index contributed by atoms with van der Waals surface area (Å²) in [6.07, 6.45) is 7.89. The number of aromatic nitrogens is 2. The third-order valence-electron chi connectivity index (χ3n) is 8.60. The van der Waals surface area contributed by atoms with Gasteiger partial charge in [-0.05, 0) is 109 Å². The van der Waals surface area contributed by atoms with Gasteiger partial charge < -0.3 is 0 Å². The molecule has 7 aromatic rings. The zero-order valence-electron chi connectivity index (χ0n) is 25.4. The molecule has 0 fully saturated rings. The summed E-state index contributed by atoms with van der Waals surface area (Å²) in [6, 6.07) is 44.2. The standard InChI is InChI=1S/C42H36N2/c1-29-23-33(27-37(25-29)41-39-9-5-3-7-35(39)19-21-43-41)17-15-31-11-13-32(14-12-31)16-18-34-24-30(2)26-38(28-34)42-40-10-6-4-8-36(40)20-22-44-42/h3-14,19-28H,15-18H2,1-2H3. The largest absolute Gasteiger partial charge is 0.256 e. The van der Waals surface area contributed by atoms with Crippen molar-refractivity contribution in [3.63, 3.8) is 0 Å². The molecule has 0 aliphatic carbocycles. The topological polar surface area (TPSA) is 25.8 Å². The molecule has 0 saturated carbocycles. The van der Waals surface area contributed by atoms with Gasteiger partial charge in [0.15, 0.2) is 0 Å². The van der Waals surface area contributed by atoms with Crippen molar-refractivity contribution < 1.29 is 0 Å². The zero-order valence-corrected chi connectivity index (χ0v) is 25.4. The maximum atomic E-state index is 4.76. The minimum atomic E-state index is 1.01. The van der Waals surface area contributed by atoms with Crippen LogP contribution < -0.4 is 0 Å². The highest BCUT2D eigenvalue weighted by Crippen LogP contribution is 2.30. The van der Waals surface area contributed by atoms with Crippen molar-refractivity contribution in [2.45, 2.75) is 39.5 Å². The van der Waals surface area contributed by atoms with Gasteiger partial charge in [0.1, 0.15) is 0 Å². The fourth-order valence-electron chi connectivity index (χ4n) is 6.44. The van der Waals surface area contributed by atoms with Gasteiger partial charge in [-0.25, -0.2) is 0 Å². The van der Waals surface area contributed by atoms with Crippen LogP contribution in [0.25, 0.3) is 44.1 Å². The van der Waals surface area contributed by atoms with Crippen LogP contribution in [-0.2, 0) is 25.7 Å². The number of nitrogens with zero attached hydrogens (tertiary/aromatic N) is 2. The molecular formula is C42H36N2. The van der Waals surface area contributed by atoms with Crippen molar-refractivity contribution in [3.05, 3.63) is 167 Å². The zero-order chi connectivity index (χ0) is 29.9. The summed E-state index contributed by atoms with van der Waals surface area (Å²) in [4.78, 5) is 9.52. The van der Waals surface area contributed by atoms with Gasteiger partial charge in [-0.2, -0.15) is 0 Å². The summed E-state index contributed by atoms with van der Waals surface area (Å²) in [5.41, 5.74) is 12.5. The third-order valence-corrected chi connectivity index (χ3v) is 8.60. The molecule has 2 heterocycles. The summed E-state index contributed by atoms with van der Waals surface area (Å²) in [6.45, 7) is 4.37. The van der Waals surface area contributed by atoms with Crippen molar-refractivity contribution in [1.29, 1.82) is 0 Å². The smallest absolute Gasteiger partial charge is 0.0780 e. The summed E-state index contributed by atoms with van der Waals surface area (Å²) in [5, 5.41) is 4.86. The minimum absolute atomic E-state index is 1.01. The molecule has 0 aliphatic rings. The average molecular weight is 569 g/mol. The van der Waals surface area contributed by atoms with Gasteiger partial charge in [0, 0.05) is 34.3 Å². The van der Waals surface area contributed by atoms with Crippen LogP contribution in [0, 0.1) is 13.8 Å². The number of hydrogen-bond donors (Lipinski definition) is 0. The van der Waals surface area contributed by atoms with Crippen molar-refractivity contribution >= 4 is 21.5 Å². The lowest BCUT2D eigenvalue weighted by atomic mass is 9.95.